The molecule has 0 radical (unpaired) electrons. The number of carboxylic acids is 1. The van der Waals surface area contributed by atoms with E-state index >= 15 is 0 Å². The molecule has 0 amide bonds. The summed E-state index contributed by atoms with van der Waals surface area (Å²) in [7, 11) is 0. The Morgan fingerprint density at radius 1 is 1.39 bits per heavy atom. The Morgan fingerprint density at radius 2 is 2.11 bits per heavy atom. The van der Waals surface area contributed by atoms with Gasteiger partial charge in [0.1, 0.15) is 5.25 Å². The second kappa shape index (κ2) is 5.06. The fraction of sp³-hybridized carbons (Fsp3) is 0.357. The van der Waals surface area contributed by atoms with Crippen LogP contribution in [0.1, 0.15) is 19.4 Å². The number of aryl methyl sites for hydroxylation is 1. The van der Waals surface area contributed by atoms with Crippen LogP contribution in [0.5, 0.6) is 0 Å². The minimum absolute atomic E-state index is 0.0986. The molecule has 0 saturated heterocycles. The predicted molar refractivity (Wildman–Crippen MR) is 75.2 cm³/mol. The van der Waals surface area contributed by atoms with Gasteiger partial charge in [0, 0.05) is 22.0 Å². The number of hydrogen-bond donors (Lipinski definition) is 2. The van der Waals surface area contributed by atoms with Gasteiger partial charge in [0.25, 0.3) is 0 Å². The Balaban J connectivity index is 2.40. The highest BCUT2D eigenvalue weighted by atomic mass is 32.2. The van der Waals surface area contributed by atoms with Crippen LogP contribution in [0.3, 0.4) is 0 Å². The van der Waals surface area contributed by atoms with Gasteiger partial charge in [-0.05, 0) is 24.5 Å². The highest BCUT2D eigenvalue weighted by Gasteiger charge is 2.24. The van der Waals surface area contributed by atoms with Gasteiger partial charge < -0.3 is 10.1 Å². The lowest BCUT2D eigenvalue weighted by atomic mass is 10.1. The second-order valence-corrected chi connectivity index (χ2v) is 5.95. The maximum absolute atomic E-state index is 11.3. The van der Waals surface area contributed by atoms with Gasteiger partial charge in [-0.2, -0.15) is 0 Å². The summed E-state index contributed by atoms with van der Waals surface area (Å²) in [6.45, 7) is 5.92. The lowest BCUT2D eigenvalue weighted by Gasteiger charge is -2.15. The molecule has 0 aliphatic heterocycles. The van der Waals surface area contributed by atoms with Crippen LogP contribution in [0, 0.1) is 12.8 Å². The summed E-state index contributed by atoms with van der Waals surface area (Å²) in [5.41, 5.74) is 2.23. The van der Waals surface area contributed by atoms with Crippen LogP contribution in [-0.2, 0) is 4.79 Å². The van der Waals surface area contributed by atoms with Crippen LogP contribution in [0.25, 0.3) is 10.9 Å². The molecule has 1 atom stereocenters. The quantitative estimate of drug-likeness (QED) is 0.827. The number of thioether (sulfide) groups is 1. The van der Waals surface area contributed by atoms with E-state index in [1.165, 1.54) is 17.3 Å². The molecule has 1 heterocycles. The third kappa shape index (κ3) is 2.38. The largest absolute Gasteiger partial charge is 0.480 e. The van der Waals surface area contributed by atoms with E-state index in [0.717, 1.165) is 15.8 Å². The van der Waals surface area contributed by atoms with Crippen LogP contribution in [0.4, 0.5) is 0 Å². The normalized spacial score (nSPS) is 13.1. The minimum Gasteiger partial charge on any atom is -0.480 e. The van der Waals surface area contributed by atoms with E-state index in [-0.39, 0.29) is 5.92 Å². The molecule has 18 heavy (non-hydrogen) atoms. The van der Waals surface area contributed by atoms with Crippen LogP contribution >= 0.6 is 11.8 Å². The molecule has 0 bridgehead atoms. The first kappa shape index (κ1) is 13.0. The molecular formula is C14H17NO2S. The van der Waals surface area contributed by atoms with E-state index < -0.39 is 11.2 Å². The molecule has 0 aliphatic carbocycles. The van der Waals surface area contributed by atoms with Gasteiger partial charge >= 0.3 is 5.97 Å². The maximum Gasteiger partial charge on any atom is 0.317 e. The molecule has 1 unspecified atom stereocenters. The molecule has 2 rings (SSSR count). The summed E-state index contributed by atoms with van der Waals surface area (Å²) in [6, 6.07) is 6.06. The molecule has 0 aliphatic rings. The number of hydrogen-bond acceptors (Lipinski definition) is 2. The van der Waals surface area contributed by atoms with Gasteiger partial charge in [0.2, 0.25) is 0 Å². The maximum atomic E-state index is 11.3. The first-order valence-corrected chi connectivity index (χ1v) is 6.85. The van der Waals surface area contributed by atoms with E-state index in [2.05, 4.69) is 4.98 Å². The summed E-state index contributed by atoms with van der Waals surface area (Å²) >= 11 is 1.42. The number of rotatable bonds is 4. The minimum atomic E-state index is -0.752. The molecule has 1 aromatic carbocycles. The zero-order valence-corrected chi connectivity index (χ0v) is 11.5. The van der Waals surface area contributed by atoms with Crippen LogP contribution in [-0.4, -0.2) is 21.3 Å². The monoisotopic (exact) mass is 263 g/mol. The first-order valence-electron chi connectivity index (χ1n) is 5.97. The molecule has 3 nitrogen and oxygen atoms in total. The van der Waals surface area contributed by atoms with E-state index in [1.54, 1.807) is 0 Å². The van der Waals surface area contributed by atoms with E-state index in [9.17, 15) is 9.90 Å². The molecule has 1 aromatic heterocycles. The van der Waals surface area contributed by atoms with Crippen molar-refractivity contribution in [3.05, 3.63) is 30.0 Å². The van der Waals surface area contributed by atoms with Gasteiger partial charge in [0.15, 0.2) is 0 Å². The van der Waals surface area contributed by atoms with Gasteiger partial charge in [-0.25, -0.2) is 0 Å². The Labute approximate surface area is 111 Å². The summed E-state index contributed by atoms with van der Waals surface area (Å²) in [5.74, 6) is -0.653. The van der Waals surface area contributed by atoms with Crippen molar-refractivity contribution >= 4 is 28.6 Å². The molecule has 0 saturated carbocycles. The SMILES string of the molecule is Cc1cccc2[nH]cc(SC(C(=O)O)C(C)C)c12. The predicted octanol–water partition coefficient (Wildman–Crippen LogP) is 3.68. The average Bonchev–Trinajstić information content (AvgIpc) is 2.69. The molecule has 2 aromatic rings. The highest BCUT2D eigenvalue weighted by Crippen LogP contribution is 2.35. The zero-order valence-electron chi connectivity index (χ0n) is 10.7. The molecule has 2 N–H and O–H groups in total. The van der Waals surface area contributed by atoms with Crippen molar-refractivity contribution in [1.29, 1.82) is 0 Å². The fourth-order valence-corrected chi connectivity index (χ4v) is 3.19. The fourth-order valence-electron chi connectivity index (χ4n) is 2.03. The topological polar surface area (TPSA) is 53.1 Å². The summed E-state index contributed by atoms with van der Waals surface area (Å²) in [6.07, 6.45) is 1.90. The van der Waals surface area contributed by atoms with Gasteiger partial charge in [0.05, 0.1) is 0 Å². The lowest BCUT2D eigenvalue weighted by molar-refractivity contribution is -0.137. The summed E-state index contributed by atoms with van der Waals surface area (Å²) in [5, 5.41) is 9.97. The number of carboxylic acid groups (broad SMARTS) is 1. The number of aromatic nitrogens is 1. The number of fused-ring (bicyclic) bond motifs is 1. The van der Waals surface area contributed by atoms with Crippen molar-refractivity contribution in [3.8, 4) is 0 Å². The first-order chi connectivity index (χ1) is 8.50. The number of nitrogens with one attached hydrogen (secondary N) is 1. The van der Waals surface area contributed by atoms with Crippen molar-refractivity contribution in [1.82, 2.24) is 4.98 Å². The average molecular weight is 263 g/mol. The van der Waals surface area contributed by atoms with E-state index in [0.29, 0.717) is 0 Å². The van der Waals surface area contributed by atoms with Crippen molar-refractivity contribution in [3.63, 3.8) is 0 Å². The highest BCUT2D eigenvalue weighted by molar-refractivity contribution is 8.00. The molecule has 4 heteroatoms. The molecular weight excluding hydrogens is 246 g/mol. The van der Waals surface area contributed by atoms with Crippen molar-refractivity contribution in [2.45, 2.75) is 30.9 Å². The smallest absolute Gasteiger partial charge is 0.317 e. The summed E-state index contributed by atoms with van der Waals surface area (Å²) in [4.78, 5) is 15.5. The summed E-state index contributed by atoms with van der Waals surface area (Å²) < 4.78 is 0. The van der Waals surface area contributed by atoms with Crippen LogP contribution in [0.15, 0.2) is 29.3 Å². The number of benzene rings is 1. The van der Waals surface area contributed by atoms with Gasteiger partial charge in [-0.1, -0.05) is 26.0 Å². The van der Waals surface area contributed by atoms with Crippen molar-refractivity contribution in [2.24, 2.45) is 5.92 Å². The number of H-pyrrole nitrogens is 1. The molecule has 0 spiro atoms. The second-order valence-electron chi connectivity index (χ2n) is 4.77. The van der Waals surface area contributed by atoms with Crippen molar-refractivity contribution in [2.75, 3.05) is 0 Å². The Bertz CT molecular complexity index is 574. The number of aliphatic carboxylic acids is 1. The Kier molecular flexibility index (Phi) is 3.66. The number of aromatic amines is 1. The van der Waals surface area contributed by atoms with E-state index in [1.807, 2.05) is 45.2 Å². The lowest BCUT2D eigenvalue weighted by Crippen LogP contribution is -2.22. The molecule has 96 valence electrons. The van der Waals surface area contributed by atoms with Crippen LogP contribution in [0.2, 0.25) is 0 Å². The Morgan fingerprint density at radius 3 is 2.72 bits per heavy atom. The Hall–Kier alpha value is -1.42. The zero-order chi connectivity index (χ0) is 13.3. The molecule has 0 fully saturated rings. The van der Waals surface area contributed by atoms with E-state index in [4.69, 9.17) is 0 Å². The van der Waals surface area contributed by atoms with Crippen molar-refractivity contribution < 1.29 is 9.90 Å². The van der Waals surface area contributed by atoms with Crippen LogP contribution < -0.4 is 0 Å². The number of carbonyl (C=O) groups is 1. The third-order valence-electron chi connectivity index (χ3n) is 2.98. The standard InChI is InChI=1S/C14H17NO2S/c1-8(2)13(14(16)17)18-11-7-15-10-6-4-5-9(3)12(10)11/h4-8,13,15H,1-3H3,(H,16,17). The van der Waals surface area contributed by atoms with Gasteiger partial charge in [-0.3, -0.25) is 4.79 Å². The van der Waals surface area contributed by atoms with Gasteiger partial charge in [-0.15, -0.1) is 11.8 Å². The third-order valence-corrected chi connectivity index (χ3v) is 4.56.